The lowest BCUT2D eigenvalue weighted by Crippen LogP contribution is -2.20. The molecule has 4 N–H and O–H groups in total. The lowest BCUT2D eigenvalue weighted by atomic mass is 10.1. The fourth-order valence-corrected chi connectivity index (χ4v) is 1.59. The Labute approximate surface area is 81.1 Å². The second-order valence-electron chi connectivity index (χ2n) is 3.15. The maximum atomic E-state index is 9.02. The summed E-state index contributed by atoms with van der Waals surface area (Å²) in [6.45, 7) is -0.141. The largest absolute Gasteiger partial charge is 0.394 e. The van der Waals surface area contributed by atoms with E-state index in [0.29, 0.717) is 0 Å². The quantitative estimate of drug-likeness (QED) is 0.552. The van der Waals surface area contributed by atoms with Crippen LogP contribution in [0.5, 0.6) is 0 Å². The van der Waals surface area contributed by atoms with Crippen molar-refractivity contribution in [3.8, 4) is 0 Å². The zero-order valence-electron chi connectivity index (χ0n) is 7.57. The van der Waals surface area contributed by atoms with Crippen LogP contribution >= 0.6 is 0 Å². The van der Waals surface area contributed by atoms with Crippen LogP contribution in [0.15, 0.2) is 30.5 Å². The minimum absolute atomic E-state index is 0.141. The summed E-state index contributed by atoms with van der Waals surface area (Å²) in [5.41, 5.74) is 3.94. The second-order valence-corrected chi connectivity index (χ2v) is 3.15. The molecule has 1 heterocycles. The molecule has 2 aromatic rings. The summed E-state index contributed by atoms with van der Waals surface area (Å²) in [6, 6.07) is 7.31. The van der Waals surface area contributed by atoms with Crippen LogP contribution in [0.3, 0.4) is 0 Å². The molecule has 0 bridgehead atoms. The highest BCUT2D eigenvalue weighted by Crippen LogP contribution is 2.23. The third-order valence-corrected chi connectivity index (χ3v) is 2.34. The van der Waals surface area contributed by atoms with Crippen LogP contribution in [0.4, 0.5) is 0 Å². The van der Waals surface area contributed by atoms with Gasteiger partial charge in [-0.1, -0.05) is 18.2 Å². The Balaban J connectivity index is 2.51. The van der Waals surface area contributed by atoms with Crippen LogP contribution in [0, 0.1) is 0 Å². The smallest absolute Gasteiger partial charge is 0.0820 e. The SMILES string of the molecule is OCC(NO)c1c[nH]c2ccccc12. The molecule has 74 valence electrons. The molecule has 1 atom stereocenters. The minimum Gasteiger partial charge on any atom is -0.394 e. The third-order valence-electron chi connectivity index (χ3n) is 2.34. The molecular weight excluding hydrogens is 180 g/mol. The van der Waals surface area contributed by atoms with Crippen molar-refractivity contribution in [3.63, 3.8) is 0 Å². The number of aliphatic hydroxyl groups excluding tert-OH is 1. The van der Waals surface area contributed by atoms with Crippen molar-refractivity contribution in [2.75, 3.05) is 6.61 Å². The van der Waals surface area contributed by atoms with Gasteiger partial charge in [0.2, 0.25) is 0 Å². The van der Waals surface area contributed by atoms with Crippen molar-refractivity contribution in [1.29, 1.82) is 0 Å². The number of hydrogen-bond acceptors (Lipinski definition) is 3. The monoisotopic (exact) mass is 192 g/mol. The number of H-pyrrole nitrogens is 1. The number of aromatic amines is 1. The maximum absolute atomic E-state index is 9.02. The molecule has 0 amide bonds. The number of hydroxylamine groups is 1. The fourth-order valence-electron chi connectivity index (χ4n) is 1.59. The van der Waals surface area contributed by atoms with Gasteiger partial charge in [-0.3, -0.25) is 0 Å². The molecule has 1 aromatic heterocycles. The van der Waals surface area contributed by atoms with Gasteiger partial charge in [-0.2, -0.15) is 5.48 Å². The van der Waals surface area contributed by atoms with Crippen molar-refractivity contribution in [3.05, 3.63) is 36.0 Å². The van der Waals surface area contributed by atoms with Crippen LogP contribution in [0.2, 0.25) is 0 Å². The molecule has 4 heteroatoms. The fraction of sp³-hybridized carbons (Fsp3) is 0.200. The first-order valence-electron chi connectivity index (χ1n) is 4.43. The predicted molar refractivity (Wildman–Crippen MR) is 53.0 cm³/mol. The van der Waals surface area contributed by atoms with E-state index in [-0.39, 0.29) is 6.61 Å². The Hall–Kier alpha value is -1.36. The average molecular weight is 192 g/mol. The number of nitrogens with one attached hydrogen (secondary N) is 2. The molecule has 0 aliphatic carbocycles. The van der Waals surface area contributed by atoms with E-state index in [2.05, 4.69) is 10.5 Å². The molecule has 2 rings (SSSR count). The summed E-state index contributed by atoms with van der Waals surface area (Å²) < 4.78 is 0. The number of fused-ring (bicyclic) bond motifs is 1. The van der Waals surface area contributed by atoms with Crippen LogP contribution in [0.25, 0.3) is 10.9 Å². The molecule has 0 fully saturated rings. The maximum Gasteiger partial charge on any atom is 0.0820 e. The van der Waals surface area contributed by atoms with Gasteiger partial charge in [0.25, 0.3) is 0 Å². The highest BCUT2D eigenvalue weighted by atomic mass is 16.5. The molecule has 1 aromatic carbocycles. The van der Waals surface area contributed by atoms with E-state index in [1.54, 1.807) is 6.20 Å². The van der Waals surface area contributed by atoms with Crippen molar-refractivity contribution in [2.24, 2.45) is 0 Å². The summed E-state index contributed by atoms with van der Waals surface area (Å²) in [7, 11) is 0. The Kier molecular flexibility index (Phi) is 2.49. The second kappa shape index (κ2) is 3.79. The highest BCUT2D eigenvalue weighted by Gasteiger charge is 2.12. The highest BCUT2D eigenvalue weighted by molar-refractivity contribution is 5.83. The van der Waals surface area contributed by atoms with Gasteiger partial charge in [-0.05, 0) is 11.6 Å². The van der Waals surface area contributed by atoms with Crippen molar-refractivity contribution in [1.82, 2.24) is 10.5 Å². The molecule has 0 aliphatic heterocycles. The average Bonchev–Trinajstić information content (AvgIpc) is 2.65. The molecule has 0 saturated heterocycles. The zero-order chi connectivity index (χ0) is 9.97. The van der Waals surface area contributed by atoms with E-state index in [1.807, 2.05) is 24.3 Å². The number of para-hydroxylation sites is 1. The number of rotatable bonds is 3. The Morgan fingerprint density at radius 2 is 2.14 bits per heavy atom. The van der Waals surface area contributed by atoms with Crippen molar-refractivity contribution in [2.45, 2.75) is 6.04 Å². The zero-order valence-corrected chi connectivity index (χ0v) is 7.57. The number of hydrogen-bond donors (Lipinski definition) is 4. The number of aliphatic hydroxyl groups is 1. The lowest BCUT2D eigenvalue weighted by Gasteiger charge is -2.10. The van der Waals surface area contributed by atoms with Gasteiger partial charge in [0.05, 0.1) is 12.6 Å². The van der Waals surface area contributed by atoms with E-state index in [0.717, 1.165) is 16.5 Å². The van der Waals surface area contributed by atoms with Crippen LogP contribution in [-0.2, 0) is 0 Å². The molecule has 1 unspecified atom stereocenters. The molecule has 0 saturated carbocycles. The van der Waals surface area contributed by atoms with Crippen LogP contribution in [0.1, 0.15) is 11.6 Å². The van der Waals surface area contributed by atoms with E-state index in [4.69, 9.17) is 10.3 Å². The minimum atomic E-state index is -0.439. The first-order chi connectivity index (χ1) is 6.86. The van der Waals surface area contributed by atoms with Gasteiger partial charge in [-0.15, -0.1) is 0 Å². The third kappa shape index (κ3) is 1.39. The molecule has 0 radical (unpaired) electrons. The molecule has 14 heavy (non-hydrogen) atoms. The Bertz CT molecular complexity index is 421. The van der Waals surface area contributed by atoms with Gasteiger partial charge in [0, 0.05) is 17.1 Å². The van der Waals surface area contributed by atoms with Gasteiger partial charge in [0.1, 0.15) is 0 Å². The summed E-state index contributed by atoms with van der Waals surface area (Å²) in [6.07, 6.45) is 1.79. The van der Waals surface area contributed by atoms with E-state index in [1.165, 1.54) is 0 Å². The van der Waals surface area contributed by atoms with Crippen LogP contribution in [-0.4, -0.2) is 21.9 Å². The Morgan fingerprint density at radius 3 is 2.86 bits per heavy atom. The summed E-state index contributed by atoms with van der Waals surface area (Å²) in [5.74, 6) is 0. The first kappa shape index (κ1) is 9.21. The van der Waals surface area contributed by atoms with E-state index < -0.39 is 6.04 Å². The van der Waals surface area contributed by atoms with Crippen molar-refractivity contribution < 1.29 is 10.3 Å². The van der Waals surface area contributed by atoms with Gasteiger partial charge >= 0.3 is 0 Å². The molecule has 4 nitrogen and oxygen atoms in total. The van der Waals surface area contributed by atoms with Gasteiger partial charge in [-0.25, -0.2) is 0 Å². The number of aromatic nitrogens is 1. The predicted octanol–water partition coefficient (Wildman–Crippen LogP) is 1.18. The lowest BCUT2D eigenvalue weighted by molar-refractivity contribution is 0.0912. The van der Waals surface area contributed by atoms with E-state index >= 15 is 0 Å². The normalized spacial score (nSPS) is 13.3. The molecular formula is C10H12N2O2. The summed E-state index contributed by atoms with van der Waals surface area (Å²) >= 11 is 0. The number of benzene rings is 1. The van der Waals surface area contributed by atoms with E-state index in [9.17, 15) is 0 Å². The topological polar surface area (TPSA) is 68.3 Å². The van der Waals surface area contributed by atoms with Crippen molar-refractivity contribution >= 4 is 10.9 Å². The standard InChI is InChI=1S/C10H12N2O2/c13-6-10(12-14)8-5-11-9-4-2-1-3-7(8)9/h1-5,10-14H,6H2. The van der Waals surface area contributed by atoms with Gasteiger partial charge in [0.15, 0.2) is 0 Å². The molecule has 0 spiro atoms. The Morgan fingerprint density at radius 1 is 1.36 bits per heavy atom. The van der Waals surface area contributed by atoms with Gasteiger partial charge < -0.3 is 15.3 Å². The molecule has 0 aliphatic rings. The summed E-state index contributed by atoms with van der Waals surface area (Å²) in [5, 5.41) is 18.9. The summed E-state index contributed by atoms with van der Waals surface area (Å²) in [4.78, 5) is 3.08. The first-order valence-corrected chi connectivity index (χ1v) is 4.43. The van der Waals surface area contributed by atoms with Crippen LogP contribution < -0.4 is 5.48 Å².